The van der Waals surface area contributed by atoms with Crippen molar-refractivity contribution in [3.63, 3.8) is 0 Å². The molecule has 0 aromatic heterocycles. The molecule has 0 saturated heterocycles. The molecule has 0 radical (unpaired) electrons. The van der Waals surface area contributed by atoms with Gasteiger partial charge in [-0.2, -0.15) is 15.1 Å². The second kappa shape index (κ2) is 9.21. The van der Waals surface area contributed by atoms with E-state index in [1.165, 1.54) is 7.11 Å². The predicted octanol–water partition coefficient (Wildman–Crippen LogP) is 5.90. The van der Waals surface area contributed by atoms with E-state index >= 15 is 0 Å². The molecule has 0 heterocycles. The first kappa shape index (κ1) is 18.2. The zero-order valence-corrected chi connectivity index (χ0v) is 14.6. The molecule has 0 bridgehead atoms. The zero-order valence-electron chi connectivity index (χ0n) is 14.6. The molecule has 3 aromatic carbocycles. The third-order valence-electron chi connectivity index (χ3n) is 3.57. The fourth-order valence-electron chi connectivity index (χ4n) is 2.26. The van der Waals surface area contributed by atoms with Crippen LogP contribution in [0.4, 0.5) is 11.4 Å². The topological polar surface area (TPSA) is 88.1 Å². The monoisotopic (exact) mass is 362 g/mol. The number of phenolic OH excluding ortho intramolecular Hbond substituents is 1. The minimum Gasteiger partial charge on any atom is -0.506 e. The summed E-state index contributed by atoms with van der Waals surface area (Å²) in [4.78, 5) is 9.79. The molecule has 0 fully saturated rings. The minimum atomic E-state index is -0.679. The Bertz CT molecular complexity index is 929. The average Bonchev–Trinajstić information content (AvgIpc) is 2.71. The predicted molar refractivity (Wildman–Crippen MR) is 100 cm³/mol. The maximum Gasteiger partial charge on any atom is 0.206 e. The van der Waals surface area contributed by atoms with Gasteiger partial charge in [0.1, 0.15) is 17.1 Å². The second-order valence-corrected chi connectivity index (χ2v) is 5.42. The van der Waals surface area contributed by atoms with Gasteiger partial charge in [-0.1, -0.05) is 54.6 Å². The van der Waals surface area contributed by atoms with Gasteiger partial charge >= 0.3 is 0 Å². The maximum absolute atomic E-state index is 9.86. The molecule has 0 saturated carbocycles. The fourth-order valence-corrected chi connectivity index (χ4v) is 2.26. The van der Waals surface area contributed by atoms with Crippen molar-refractivity contribution in [1.29, 1.82) is 0 Å². The number of azo groups is 2. The Kier molecular flexibility index (Phi) is 6.21. The molecule has 0 spiro atoms. The molecule has 3 rings (SSSR count). The van der Waals surface area contributed by atoms with Gasteiger partial charge in [0.2, 0.25) is 6.17 Å². The van der Waals surface area contributed by atoms with Crippen LogP contribution in [-0.4, -0.2) is 12.2 Å². The molecule has 3 aromatic rings. The smallest absolute Gasteiger partial charge is 0.206 e. The van der Waals surface area contributed by atoms with Crippen molar-refractivity contribution < 1.29 is 14.9 Å². The van der Waals surface area contributed by atoms with Gasteiger partial charge in [-0.3, -0.25) is 0 Å². The van der Waals surface area contributed by atoms with Crippen LogP contribution in [0.1, 0.15) is 11.7 Å². The lowest BCUT2D eigenvalue weighted by Crippen LogP contribution is -1.91. The van der Waals surface area contributed by atoms with Gasteiger partial charge in [-0.15, -0.1) is 10.2 Å². The Morgan fingerprint density at radius 3 is 2.04 bits per heavy atom. The van der Waals surface area contributed by atoms with E-state index in [0.717, 1.165) is 5.56 Å². The lowest BCUT2D eigenvalue weighted by Gasteiger charge is -2.07. The van der Waals surface area contributed by atoms with Crippen LogP contribution in [0.15, 0.2) is 99.3 Å². The third-order valence-corrected chi connectivity index (χ3v) is 3.57. The van der Waals surface area contributed by atoms with Crippen molar-refractivity contribution in [2.75, 3.05) is 7.11 Å². The summed E-state index contributed by atoms with van der Waals surface area (Å²) in [5.74, 6) is 0.483. The minimum absolute atomic E-state index is 0.0452. The molecule has 0 amide bonds. The van der Waals surface area contributed by atoms with E-state index in [1.807, 2.05) is 36.4 Å². The summed E-state index contributed by atoms with van der Waals surface area (Å²) in [6, 6.07) is 23.2. The number of hydrogen-bond acceptors (Lipinski definition) is 7. The van der Waals surface area contributed by atoms with Crippen LogP contribution >= 0.6 is 0 Å². The highest BCUT2D eigenvalue weighted by Crippen LogP contribution is 2.31. The molecule has 7 nitrogen and oxygen atoms in total. The molecule has 0 aliphatic heterocycles. The van der Waals surface area contributed by atoms with Gasteiger partial charge in [0.05, 0.1) is 7.11 Å². The van der Waals surface area contributed by atoms with E-state index in [1.54, 1.807) is 42.5 Å². The molecular formula is C20H18N4O3. The molecule has 136 valence electrons. The van der Waals surface area contributed by atoms with E-state index in [0.29, 0.717) is 17.1 Å². The van der Waals surface area contributed by atoms with Crippen molar-refractivity contribution in [3.8, 4) is 11.5 Å². The summed E-state index contributed by atoms with van der Waals surface area (Å²) in [6.45, 7) is 0. The summed E-state index contributed by atoms with van der Waals surface area (Å²) < 4.78 is 0. The van der Waals surface area contributed by atoms with Crippen molar-refractivity contribution >= 4 is 11.4 Å². The number of para-hydroxylation sites is 2. The van der Waals surface area contributed by atoms with Crippen LogP contribution in [0.25, 0.3) is 0 Å². The largest absolute Gasteiger partial charge is 0.506 e. The Hall–Kier alpha value is -3.58. The lowest BCUT2D eigenvalue weighted by molar-refractivity contribution is -0.177. The maximum atomic E-state index is 9.86. The molecule has 1 N–H and O–H groups in total. The zero-order chi connectivity index (χ0) is 18.9. The fraction of sp³-hybridized carbons (Fsp3) is 0.100. The van der Waals surface area contributed by atoms with Gasteiger partial charge in [-0.05, 0) is 24.3 Å². The first-order chi connectivity index (χ1) is 13.3. The Balaban J connectivity index is 1.91. The molecule has 0 aliphatic carbocycles. The average molecular weight is 362 g/mol. The van der Waals surface area contributed by atoms with E-state index < -0.39 is 6.17 Å². The van der Waals surface area contributed by atoms with Crippen molar-refractivity contribution in [3.05, 3.63) is 84.4 Å². The van der Waals surface area contributed by atoms with Crippen molar-refractivity contribution in [1.82, 2.24) is 0 Å². The Morgan fingerprint density at radius 2 is 1.33 bits per heavy atom. The van der Waals surface area contributed by atoms with Crippen LogP contribution in [0.3, 0.4) is 0 Å². The normalized spacial score (nSPS) is 12.5. The second-order valence-electron chi connectivity index (χ2n) is 5.42. The van der Waals surface area contributed by atoms with E-state index in [9.17, 15) is 5.11 Å². The van der Waals surface area contributed by atoms with Gasteiger partial charge in [-0.25, -0.2) is 0 Å². The highest BCUT2D eigenvalue weighted by atomic mass is 17.2. The van der Waals surface area contributed by atoms with Crippen LogP contribution in [0.2, 0.25) is 0 Å². The first-order valence-corrected chi connectivity index (χ1v) is 8.22. The molecule has 1 unspecified atom stereocenters. The van der Waals surface area contributed by atoms with Gasteiger partial charge in [0.25, 0.3) is 0 Å². The SMILES string of the molecule is COOc1ccccc1N=NC(N=Nc1ccccc1O)c1ccccc1. The number of phenols is 1. The number of aromatic hydroxyl groups is 1. The van der Waals surface area contributed by atoms with Crippen LogP contribution < -0.4 is 4.89 Å². The van der Waals surface area contributed by atoms with Crippen molar-refractivity contribution in [2.45, 2.75) is 6.17 Å². The van der Waals surface area contributed by atoms with E-state index in [4.69, 9.17) is 9.78 Å². The summed E-state index contributed by atoms with van der Waals surface area (Å²) >= 11 is 0. The summed E-state index contributed by atoms with van der Waals surface area (Å²) in [6.07, 6.45) is -0.679. The number of rotatable bonds is 7. The highest BCUT2D eigenvalue weighted by Gasteiger charge is 2.10. The van der Waals surface area contributed by atoms with Crippen molar-refractivity contribution in [2.24, 2.45) is 20.5 Å². The van der Waals surface area contributed by atoms with Crippen LogP contribution in [-0.2, 0) is 4.89 Å². The van der Waals surface area contributed by atoms with Gasteiger partial charge in [0.15, 0.2) is 5.75 Å². The molecule has 27 heavy (non-hydrogen) atoms. The standard InChI is InChI=1S/C20H18N4O3/c1-26-27-19-14-8-6-12-17(19)22-24-20(15-9-3-2-4-10-15)23-21-16-11-5-7-13-18(16)25/h2-14,20,25H,1H3. The van der Waals surface area contributed by atoms with Crippen LogP contribution in [0.5, 0.6) is 11.5 Å². The molecule has 7 heteroatoms. The Morgan fingerprint density at radius 1 is 0.741 bits per heavy atom. The third kappa shape index (κ3) is 4.96. The highest BCUT2D eigenvalue weighted by molar-refractivity contribution is 5.50. The quantitative estimate of drug-likeness (QED) is 0.322. The van der Waals surface area contributed by atoms with E-state index in [-0.39, 0.29) is 5.75 Å². The summed E-state index contributed by atoms with van der Waals surface area (Å²) in [7, 11) is 1.42. The summed E-state index contributed by atoms with van der Waals surface area (Å²) in [5, 5.41) is 26.8. The number of benzene rings is 3. The molecular weight excluding hydrogens is 344 g/mol. The first-order valence-electron chi connectivity index (χ1n) is 8.22. The number of nitrogens with zero attached hydrogens (tertiary/aromatic N) is 4. The number of hydrogen-bond donors (Lipinski definition) is 1. The molecule has 1 atom stereocenters. The van der Waals surface area contributed by atoms with Gasteiger partial charge in [0, 0.05) is 5.56 Å². The van der Waals surface area contributed by atoms with Gasteiger partial charge < -0.3 is 9.99 Å². The lowest BCUT2D eigenvalue weighted by atomic mass is 10.2. The van der Waals surface area contributed by atoms with E-state index in [2.05, 4.69) is 20.5 Å². The van der Waals surface area contributed by atoms with Crippen LogP contribution in [0, 0.1) is 0 Å². The summed E-state index contributed by atoms with van der Waals surface area (Å²) in [5.41, 5.74) is 1.67. The Labute approximate surface area is 156 Å². The molecule has 0 aliphatic rings.